The number of nitrogens with one attached hydrogen (secondary N) is 1. The molecule has 2 saturated heterocycles. The van der Waals surface area contributed by atoms with Gasteiger partial charge in [0, 0.05) is 39.2 Å². The highest BCUT2D eigenvalue weighted by Crippen LogP contribution is 2.21. The first-order valence-electron chi connectivity index (χ1n) is 11.2. The van der Waals surface area contributed by atoms with Gasteiger partial charge in [0.1, 0.15) is 17.6 Å². The smallest absolute Gasteiger partial charge is 0.194 e. The number of nitrogens with zero attached hydrogens (tertiary/aromatic N) is 2. The predicted octanol–water partition coefficient (Wildman–Crippen LogP) is 3.52. The minimum Gasteiger partial charge on any atom is -0.497 e. The molecule has 1 aromatic heterocycles. The topological polar surface area (TPSA) is 68.5 Å². The number of hydrogen-bond acceptors (Lipinski definition) is 5. The van der Waals surface area contributed by atoms with Gasteiger partial charge in [-0.05, 0) is 49.1 Å². The summed E-state index contributed by atoms with van der Waals surface area (Å²) in [5.74, 6) is 2.78. The van der Waals surface area contributed by atoms with Crippen molar-refractivity contribution >= 4 is 29.9 Å². The summed E-state index contributed by atoms with van der Waals surface area (Å²) in [7, 11) is 1.69. The van der Waals surface area contributed by atoms with Crippen LogP contribution in [0.3, 0.4) is 0 Å². The van der Waals surface area contributed by atoms with Crippen LogP contribution in [0.1, 0.15) is 24.2 Å². The molecule has 32 heavy (non-hydrogen) atoms. The number of guanidine groups is 1. The first-order chi connectivity index (χ1) is 15.3. The highest BCUT2D eigenvalue weighted by Gasteiger charge is 2.32. The van der Waals surface area contributed by atoms with E-state index in [4.69, 9.17) is 23.6 Å². The molecule has 2 aliphatic rings. The zero-order chi connectivity index (χ0) is 21.3. The van der Waals surface area contributed by atoms with Crippen LogP contribution < -0.4 is 10.1 Å². The second kappa shape index (κ2) is 13.1. The zero-order valence-electron chi connectivity index (χ0n) is 18.7. The lowest BCUT2D eigenvalue weighted by Gasteiger charge is -2.37. The molecule has 2 fully saturated rings. The SMILES string of the molecule is COc1ccc(CCNC(=NCCc2ccco2)N2CCOC(C3CCCO3)C2)cc1.I. The molecule has 7 nitrogen and oxygen atoms in total. The van der Waals surface area contributed by atoms with Gasteiger partial charge in [0.25, 0.3) is 0 Å². The predicted molar refractivity (Wildman–Crippen MR) is 135 cm³/mol. The third kappa shape index (κ3) is 7.11. The van der Waals surface area contributed by atoms with Crippen molar-refractivity contribution in [3.05, 3.63) is 54.0 Å². The van der Waals surface area contributed by atoms with E-state index in [9.17, 15) is 0 Å². The molecule has 0 bridgehead atoms. The maximum absolute atomic E-state index is 6.02. The van der Waals surface area contributed by atoms with Crippen LogP contribution in [0.25, 0.3) is 0 Å². The van der Waals surface area contributed by atoms with Gasteiger partial charge in [-0.1, -0.05) is 12.1 Å². The van der Waals surface area contributed by atoms with Crippen molar-refractivity contribution in [3.63, 3.8) is 0 Å². The molecule has 2 unspecified atom stereocenters. The van der Waals surface area contributed by atoms with Gasteiger partial charge < -0.3 is 28.8 Å². The summed E-state index contributed by atoms with van der Waals surface area (Å²) in [6.07, 6.45) is 5.92. The highest BCUT2D eigenvalue weighted by atomic mass is 127. The van der Waals surface area contributed by atoms with Gasteiger partial charge in [-0.3, -0.25) is 4.99 Å². The molecule has 4 rings (SSSR count). The highest BCUT2D eigenvalue weighted by molar-refractivity contribution is 14.0. The van der Waals surface area contributed by atoms with E-state index in [1.165, 1.54) is 5.56 Å². The van der Waals surface area contributed by atoms with Crippen LogP contribution in [0.2, 0.25) is 0 Å². The third-order valence-corrected chi connectivity index (χ3v) is 5.83. The average Bonchev–Trinajstić information content (AvgIpc) is 3.53. The van der Waals surface area contributed by atoms with Gasteiger partial charge in [-0.25, -0.2) is 0 Å². The Labute approximate surface area is 207 Å². The van der Waals surface area contributed by atoms with E-state index in [0.717, 1.165) is 69.4 Å². The Bertz CT molecular complexity index is 807. The molecule has 176 valence electrons. The van der Waals surface area contributed by atoms with Gasteiger partial charge >= 0.3 is 0 Å². The van der Waals surface area contributed by atoms with Crippen molar-refractivity contribution in [1.82, 2.24) is 10.2 Å². The molecule has 0 aliphatic carbocycles. The Morgan fingerprint density at radius 2 is 1.97 bits per heavy atom. The Balaban J connectivity index is 0.00000289. The van der Waals surface area contributed by atoms with Crippen LogP contribution in [0, 0.1) is 0 Å². The van der Waals surface area contributed by atoms with E-state index in [1.54, 1.807) is 13.4 Å². The molecule has 0 saturated carbocycles. The molecule has 2 aliphatic heterocycles. The number of methoxy groups -OCH3 is 1. The summed E-state index contributed by atoms with van der Waals surface area (Å²) in [5, 5.41) is 3.58. The molecule has 0 radical (unpaired) electrons. The Hall–Kier alpha value is -1.78. The maximum Gasteiger partial charge on any atom is 0.194 e. The summed E-state index contributed by atoms with van der Waals surface area (Å²) < 4.78 is 22.6. The molecule has 2 aromatic rings. The molecule has 0 spiro atoms. The summed E-state index contributed by atoms with van der Waals surface area (Å²) in [6.45, 7) is 4.67. The number of benzene rings is 1. The minimum absolute atomic E-state index is 0. The monoisotopic (exact) mass is 555 g/mol. The van der Waals surface area contributed by atoms with Crippen molar-refractivity contribution in [2.45, 2.75) is 37.9 Å². The van der Waals surface area contributed by atoms with Gasteiger partial charge in [0.15, 0.2) is 5.96 Å². The number of hydrogen-bond donors (Lipinski definition) is 1. The molecule has 8 heteroatoms. The first kappa shape index (κ1) is 24.9. The molecule has 2 atom stereocenters. The van der Waals surface area contributed by atoms with Gasteiger partial charge in [-0.2, -0.15) is 0 Å². The number of furan rings is 1. The first-order valence-corrected chi connectivity index (χ1v) is 11.2. The van der Waals surface area contributed by atoms with Crippen LogP contribution in [0.4, 0.5) is 0 Å². The molecule has 1 aromatic carbocycles. The van der Waals surface area contributed by atoms with E-state index in [-0.39, 0.29) is 36.2 Å². The molecular weight excluding hydrogens is 521 g/mol. The zero-order valence-corrected chi connectivity index (χ0v) is 21.0. The molecule has 3 heterocycles. The molecular formula is C24H34IN3O4. The van der Waals surface area contributed by atoms with E-state index in [0.29, 0.717) is 13.2 Å². The minimum atomic E-state index is 0. The van der Waals surface area contributed by atoms with Crippen LogP contribution in [0.5, 0.6) is 5.75 Å². The van der Waals surface area contributed by atoms with Crippen LogP contribution in [0.15, 0.2) is 52.1 Å². The summed E-state index contributed by atoms with van der Waals surface area (Å²) >= 11 is 0. The number of halogens is 1. The number of morpholine rings is 1. The normalized spacial score (nSPS) is 21.3. The van der Waals surface area contributed by atoms with Gasteiger partial charge in [0.05, 0.1) is 26.1 Å². The van der Waals surface area contributed by atoms with E-state index >= 15 is 0 Å². The Morgan fingerprint density at radius 1 is 1.12 bits per heavy atom. The van der Waals surface area contributed by atoms with Gasteiger partial charge in [-0.15, -0.1) is 24.0 Å². The molecule has 1 N–H and O–H groups in total. The van der Waals surface area contributed by atoms with Crippen LogP contribution in [-0.4, -0.2) is 69.6 Å². The average molecular weight is 555 g/mol. The van der Waals surface area contributed by atoms with Crippen molar-refractivity contribution in [1.29, 1.82) is 0 Å². The van der Waals surface area contributed by atoms with Crippen molar-refractivity contribution in [2.75, 3.05) is 46.5 Å². The molecule has 0 amide bonds. The Kier molecular flexibility index (Phi) is 10.1. The third-order valence-electron chi connectivity index (χ3n) is 5.83. The fourth-order valence-electron chi connectivity index (χ4n) is 4.09. The van der Waals surface area contributed by atoms with Crippen molar-refractivity contribution in [3.8, 4) is 5.75 Å². The lowest BCUT2D eigenvalue weighted by molar-refractivity contribution is -0.0817. The second-order valence-corrected chi connectivity index (χ2v) is 7.97. The van der Waals surface area contributed by atoms with Crippen LogP contribution in [-0.2, 0) is 22.3 Å². The fraction of sp³-hybridized carbons (Fsp3) is 0.542. The number of ether oxygens (including phenoxy) is 3. The van der Waals surface area contributed by atoms with E-state index in [2.05, 4.69) is 22.3 Å². The maximum atomic E-state index is 6.02. The van der Waals surface area contributed by atoms with E-state index < -0.39 is 0 Å². The second-order valence-electron chi connectivity index (χ2n) is 7.97. The Morgan fingerprint density at radius 3 is 2.69 bits per heavy atom. The lowest BCUT2D eigenvalue weighted by atomic mass is 10.1. The van der Waals surface area contributed by atoms with Crippen molar-refractivity contribution in [2.24, 2.45) is 4.99 Å². The fourth-order valence-corrected chi connectivity index (χ4v) is 4.09. The number of aliphatic imine (C=N–C) groups is 1. The van der Waals surface area contributed by atoms with E-state index in [1.807, 2.05) is 24.3 Å². The van der Waals surface area contributed by atoms with Gasteiger partial charge in [0.2, 0.25) is 0 Å². The lowest BCUT2D eigenvalue weighted by Crippen LogP contribution is -2.53. The van der Waals surface area contributed by atoms with Crippen molar-refractivity contribution < 1.29 is 18.6 Å². The van der Waals surface area contributed by atoms with Crippen LogP contribution >= 0.6 is 24.0 Å². The summed E-state index contributed by atoms with van der Waals surface area (Å²) in [5.41, 5.74) is 1.27. The quantitative estimate of drug-likeness (QED) is 0.306. The summed E-state index contributed by atoms with van der Waals surface area (Å²) in [6, 6.07) is 12.1. The largest absolute Gasteiger partial charge is 0.497 e. The number of rotatable bonds is 8. The summed E-state index contributed by atoms with van der Waals surface area (Å²) in [4.78, 5) is 7.21. The standard InChI is InChI=1S/C24H33N3O4.HI/c1-28-20-8-6-19(7-9-20)10-12-25-24(26-13-11-21-4-2-15-29-21)27-14-17-31-23(18-27)22-5-3-16-30-22;/h2,4,6-9,15,22-23H,3,5,10-14,16-18H2,1H3,(H,25,26);1H.